The van der Waals surface area contributed by atoms with Crippen LogP contribution in [0.15, 0.2) is 24.4 Å². The summed E-state index contributed by atoms with van der Waals surface area (Å²) >= 11 is 5.93. The molecule has 0 atom stereocenters. The molecule has 0 aliphatic rings. The Hall–Kier alpha value is -1.81. The highest BCUT2D eigenvalue weighted by atomic mass is 35.5. The lowest BCUT2D eigenvalue weighted by molar-refractivity contribution is 0.103. The van der Waals surface area contributed by atoms with Gasteiger partial charge in [-0.05, 0) is 30.7 Å². The predicted octanol–water partition coefficient (Wildman–Crippen LogP) is 2.20. The second-order valence-corrected chi connectivity index (χ2v) is 4.27. The van der Waals surface area contributed by atoms with Gasteiger partial charge in [0.05, 0.1) is 11.2 Å². The summed E-state index contributed by atoms with van der Waals surface area (Å²) in [5, 5.41) is 4.30. The molecule has 0 radical (unpaired) electrons. The Morgan fingerprint density at radius 1 is 1.47 bits per heavy atom. The van der Waals surface area contributed by atoms with Crippen LogP contribution >= 0.6 is 11.6 Å². The number of rotatable bonds is 2. The fraction of sp³-hybridized carbons (Fsp3) is 0.167. The van der Waals surface area contributed by atoms with Crippen LogP contribution < -0.4 is 5.73 Å². The van der Waals surface area contributed by atoms with Crippen LogP contribution in [-0.4, -0.2) is 15.6 Å². The molecule has 0 aliphatic carbocycles. The number of halogens is 1. The summed E-state index contributed by atoms with van der Waals surface area (Å²) in [5.41, 5.74) is 8.19. The molecule has 2 rings (SSSR count). The first-order valence-corrected chi connectivity index (χ1v) is 5.47. The lowest BCUT2D eigenvalue weighted by Crippen LogP contribution is -2.09. The first-order chi connectivity index (χ1) is 8.00. The van der Waals surface area contributed by atoms with E-state index in [1.54, 1.807) is 25.2 Å². The van der Waals surface area contributed by atoms with Gasteiger partial charge in [-0.2, -0.15) is 5.10 Å². The first kappa shape index (κ1) is 11.7. The molecule has 0 saturated carbocycles. The number of ketones is 1. The lowest BCUT2D eigenvalue weighted by Gasteiger charge is -2.05. The van der Waals surface area contributed by atoms with Crippen LogP contribution in [0, 0.1) is 6.92 Å². The molecule has 1 aromatic carbocycles. The lowest BCUT2D eigenvalue weighted by atomic mass is 10.0. The highest BCUT2D eigenvalue weighted by molar-refractivity contribution is 6.34. The van der Waals surface area contributed by atoms with Gasteiger partial charge in [0.1, 0.15) is 5.69 Å². The molecule has 0 saturated heterocycles. The van der Waals surface area contributed by atoms with Gasteiger partial charge in [-0.1, -0.05) is 11.6 Å². The van der Waals surface area contributed by atoms with Crippen LogP contribution in [0.25, 0.3) is 0 Å². The molecule has 0 unspecified atom stereocenters. The summed E-state index contributed by atoms with van der Waals surface area (Å²) in [6.45, 7) is 1.86. The minimum atomic E-state index is -0.155. The van der Waals surface area contributed by atoms with E-state index in [0.29, 0.717) is 22.0 Å². The molecule has 5 heteroatoms. The standard InChI is InChI=1S/C12H12ClN3O/c1-7-5-8(3-4-10(7)14)12(17)11-9(13)6-15-16(11)2/h3-6H,14H2,1-2H3. The average Bonchev–Trinajstić information content (AvgIpc) is 2.62. The highest BCUT2D eigenvalue weighted by Crippen LogP contribution is 2.20. The molecular weight excluding hydrogens is 238 g/mol. The summed E-state index contributed by atoms with van der Waals surface area (Å²) in [4.78, 5) is 12.2. The van der Waals surface area contributed by atoms with Crippen molar-refractivity contribution in [3.8, 4) is 0 Å². The number of carbonyl (C=O) groups excluding carboxylic acids is 1. The van der Waals surface area contributed by atoms with Crippen molar-refractivity contribution < 1.29 is 4.79 Å². The number of hydrogen-bond acceptors (Lipinski definition) is 3. The number of nitrogens with two attached hydrogens (primary N) is 1. The predicted molar refractivity (Wildman–Crippen MR) is 67.2 cm³/mol. The summed E-state index contributed by atoms with van der Waals surface area (Å²) in [6, 6.07) is 5.15. The Morgan fingerprint density at radius 2 is 2.18 bits per heavy atom. The van der Waals surface area contributed by atoms with Crippen molar-refractivity contribution in [1.82, 2.24) is 9.78 Å². The molecule has 1 aromatic heterocycles. The molecule has 88 valence electrons. The third kappa shape index (κ3) is 2.03. The second kappa shape index (κ2) is 4.22. The third-order valence-corrected chi connectivity index (χ3v) is 2.92. The van der Waals surface area contributed by atoms with Gasteiger partial charge in [-0.3, -0.25) is 9.48 Å². The molecule has 4 nitrogen and oxygen atoms in total. The molecule has 2 N–H and O–H groups in total. The van der Waals surface area contributed by atoms with Crippen LogP contribution in [0.4, 0.5) is 5.69 Å². The smallest absolute Gasteiger partial charge is 0.212 e. The third-order valence-electron chi connectivity index (χ3n) is 2.64. The Bertz CT molecular complexity index is 570. The molecule has 2 aromatic rings. The zero-order valence-electron chi connectivity index (χ0n) is 9.57. The second-order valence-electron chi connectivity index (χ2n) is 3.87. The van der Waals surface area contributed by atoms with Crippen LogP contribution in [0.5, 0.6) is 0 Å². The SMILES string of the molecule is Cc1cc(C(=O)c2c(Cl)cnn2C)ccc1N. The normalized spacial score (nSPS) is 10.5. The van der Waals surface area contributed by atoms with Crippen molar-refractivity contribution in [2.75, 3.05) is 5.73 Å². The van der Waals surface area contributed by atoms with Crippen molar-refractivity contribution in [3.05, 3.63) is 46.2 Å². The van der Waals surface area contributed by atoms with Crippen LogP contribution in [-0.2, 0) is 7.05 Å². The van der Waals surface area contributed by atoms with E-state index in [1.165, 1.54) is 10.9 Å². The quantitative estimate of drug-likeness (QED) is 0.656. The van der Waals surface area contributed by atoms with E-state index >= 15 is 0 Å². The molecular formula is C12H12ClN3O. The molecule has 0 amide bonds. The maximum Gasteiger partial charge on any atom is 0.212 e. The van der Waals surface area contributed by atoms with Gasteiger partial charge < -0.3 is 5.73 Å². The van der Waals surface area contributed by atoms with Gasteiger partial charge in [0.2, 0.25) is 5.78 Å². The number of benzene rings is 1. The monoisotopic (exact) mass is 249 g/mol. The van der Waals surface area contributed by atoms with Crippen LogP contribution in [0.2, 0.25) is 5.02 Å². The van der Waals surface area contributed by atoms with Gasteiger partial charge in [-0.15, -0.1) is 0 Å². The van der Waals surface area contributed by atoms with Crippen LogP contribution in [0.1, 0.15) is 21.6 Å². The van der Waals surface area contributed by atoms with E-state index in [9.17, 15) is 4.79 Å². The van der Waals surface area contributed by atoms with E-state index in [-0.39, 0.29) is 5.78 Å². The van der Waals surface area contributed by atoms with E-state index in [0.717, 1.165) is 5.56 Å². The van der Waals surface area contributed by atoms with E-state index in [2.05, 4.69) is 5.10 Å². The Balaban J connectivity index is 2.48. The van der Waals surface area contributed by atoms with E-state index < -0.39 is 0 Å². The zero-order valence-corrected chi connectivity index (χ0v) is 10.3. The average molecular weight is 250 g/mol. The summed E-state index contributed by atoms with van der Waals surface area (Å²) in [6.07, 6.45) is 1.46. The molecule has 17 heavy (non-hydrogen) atoms. The number of nitrogen functional groups attached to an aromatic ring is 1. The number of carbonyl (C=O) groups is 1. The van der Waals surface area contributed by atoms with E-state index in [1.807, 2.05) is 6.92 Å². The summed E-state index contributed by atoms with van der Waals surface area (Å²) < 4.78 is 1.47. The minimum Gasteiger partial charge on any atom is -0.399 e. The number of aromatic nitrogens is 2. The van der Waals surface area contributed by atoms with Gasteiger partial charge in [-0.25, -0.2) is 0 Å². The van der Waals surface area contributed by atoms with Gasteiger partial charge in [0.15, 0.2) is 0 Å². The maximum absolute atomic E-state index is 12.2. The van der Waals surface area contributed by atoms with Gasteiger partial charge >= 0.3 is 0 Å². The number of hydrogen-bond donors (Lipinski definition) is 1. The van der Waals surface area contributed by atoms with E-state index in [4.69, 9.17) is 17.3 Å². The topological polar surface area (TPSA) is 60.9 Å². The van der Waals surface area contributed by atoms with Crippen molar-refractivity contribution in [1.29, 1.82) is 0 Å². The zero-order chi connectivity index (χ0) is 12.6. The molecule has 0 aliphatic heterocycles. The summed E-state index contributed by atoms with van der Waals surface area (Å²) in [5.74, 6) is -0.155. The Labute approximate surface area is 104 Å². The fourth-order valence-electron chi connectivity index (χ4n) is 1.62. The highest BCUT2D eigenvalue weighted by Gasteiger charge is 2.17. The van der Waals surface area contributed by atoms with Gasteiger partial charge in [0.25, 0.3) is 0 Å². The molecule has 0 bridgehead atoms. The minimum absolute atomic E-state index is 0.155. The molecule has 0 spiro atoms. The largest absolute Gasteiger partial charge is 0.399 e. The Morgan fingerprint density at radius 3 is 2.71 bits per heavy atom. The molecule has 1 heterocycles. The van der Waals surface area contributed by atoms with Crippen molar-refractivity contribution in [2.45, 2.75) is 6.92 Å². The van der Waals surface area contributed by atoms with Crippen LogP contribution in [0.3, 0.4) is 0 Å². The van der Waals surface area contributed by atoms with Crippen molar-refractivity contribution in [3.63, 3.8) is 0 Å². The number of nitrogens with zero attached hydrogens (tertiary/aromatic N) is 2. The number of aryl methyl sites for hydroxylation is 2. The fourth-order valence-corrected chi connectivity index (χ4v) is 1.87. The molecule has 0 fully saturated rings. The first-order valence-electron chi connectivity index (χ1n) is 5.09. The maximum atomic E-state index is 12.2. The summed E-state index contributed by atoms with van der Waals surface area (Å²) in [7, 11) is 1.68. The van der Waals surface area contributed by atoms with Gasteiger partial charge in [0, 0.05) is 18.3 Å². The van der Waals surface area contributed by atoms with Crippen molar-refractivity contribution >= 4 is 23.1 Å². The number of anilines is 1. The van der Waals surface area contributed by atoms with Crippen molar-refractivity contribution in [2.24, 2.45) is 7.05 Å². The Kier molecular flexibility index (Phi) is 2.90.